The zero-order chi connectivity index (χ0) is 47.6. The lowest BCUT2D eigenvalue weighted by Gasteiger charge is -2.26. The van der Waals surface area contributed by atoms with Gasteiger partial charge in [-0.2, -0.15) is 0 Å². The number of halogens is 4. The minimum absolute atomic E-state index is 0.284. The molecule has 2 aromatic heterocycles. The molecule has 0 amide bonds. The summed E-state index contributed by atoms with van der Waals surface area (Å²) in [5.74, 6) is -2.51. The summed E-state index contributed by atoms with van der Waals surface area (Å²) in [4.78, 5) is 4.44. The van der Waals surface area contributed by atoms with E-state index in [0.717, 1.165) is 112 Å². The van der Waals surface area contributed by atoms with Gasteiger partial charge in [0.2, 0.25) is 0 Å². The number of rotatable bonds is 9. The minimum atomic E-state index is -0.631. The summed E-state index contributed by atoms with van der Waals surface area (Å²) < 4.78 is 62.6. The molecule has 0 aliphatic heterocycles. The minimum Gasteiger partial charge on any atom is -0.310 e. The number of para-hydroxylation sites is 2. The van der Waals surface area contributed by atoms with Crippen LogP contribution in [0.2, 0.25) is 0 Å². The van der Waals surface area contributed by atoms with Crippen LogP contribution in [-0.4, -0.2) is 9.13 Å². The first-order chi connectivity index (χ1) is 34.2. The van der Waals surface area contributed by atoms with Crippen molar-refractivity contribution in [3.8, 4) is 22.5 Å². The average Bonchev–Trinajstić information content (AvgIpc) is 3.88. The molecule has 0 radical (unpaired) electrons. The monoisotopic (exact) mass is 918 g/mol. The summed E-state index contributed by atoms with van der Waals surface area (Å²) in [7, 11) is 0. The summed E-state index contributed by atoms with van der Waals surface area (Å²) in [5, 5.41) is 3.80. The number of hydrogen-bond donors (Lipinski definition) is 0. The van der Waals surface area contributed by atoms with Gasteiger partial charge < -0.3 is 18.9 Å². The van der Waals surface area contributed by atoms with E-state index in [-0.39, 0.29) is 11.4 Å². The van der Waals surface area contributed by atoms with Gasteiger partial charge in [0.25, 0.3) is 0 Å². The largest absolute Gasteiger partial charge is 0.310 e. The van der Waals surface area contributed by atoms with E-state index >= 15 is 8.78 Å². The molecule has 0 aliphatic rings. The Morgan fingerprint density at radius 1 is 0.300 bits per heavy atom. The van der Waals surface area contributed by atoms with E-state index in [1.165, 1.54) is 24.3 Å². The van der Waals surface area contributed by atoms with E-state index in [2.05, 4.69) is 133 Å². The normalized spacial score (nSPS) is 11.6. The second-order valence-electron chi connectivity index (χ2n) is 17.7. The molecule has 10 aromatic carbocycles. The summed E-state index contributed by atoms with van der Waals surface area (Å²) in [6.07, 6.45) is 0. The summed E-state index contributed by atoms with van der Waals surface area (Å²) in [6, 6.07) is 69.6. The molecular formula is C62H42F4N4. The van der Waals surface area contributed by atoms with Crippen LogP contribution in [0.25, 0.3) is 66.1 Å². The molecule has 12 rings (SSSR count). The number of benzene rings is 10. The summed E-state index contributed by atoms with van der Waals surface area (Å²) in [5.41, 5.74) is 14.0. The second-order valence-corrected chi connectivity index (χ2v) is 17.7. The van der Waals surface area contributed by atoms with Crippen molar-refractivity contribution < 1.29 is 17.6 Å². The zero-order valence-corrected chi connectivity index (χ0v) is 38.1. The molecule has 12 aromatic rings. The van der Waals surface area contributed by atoms with E-state index in [4.69, 9.17) is 0 Å². The van der Waals surface area contributed by atoms with Gasteiger partial charge in [-0.15, -0.1) is 0 Å². The molecule has 0 bridgehead atoms. The van der Waals surface area contributed by atoms with Crippen molar-refractivity contribution in [2.75, 3.05) is 9.80 Å². The molecule has 0 saturated carbocycles. The van der Waals surface area contributed by atoms with Crippen molar-refractivity contribution in [1.29, 1.82) is 0 Å². The maximum absolute atomic E-state index is 15.4. The number of aryl methyl sites for hydroxylation is 2. The maximum atomic E-state index is 15.4. The summed E-state index contributed by atoms with van der Waals surface area (Å²) in [6.45, 7) is 4.14. The zero-order valence-electron chi connectivity index (χ0n) is 38.1. The van der Waals surface area contributed by atoms with Crippen molar-refractivity contribution in [3.05, 3.63) is 253 Å². The molecule has 0 aliphatic carbocycles. The van der Waals surface area contributed by atoms with E-state index in [0.29, 0.717) is 0 Å². The number of hydrogen-bond acceptors (Lipinski definition) is 2. The van der Waals surface area contributed by atoms with Crippen LogP contribution < -0.4 is 9.80 Å². The standard InChI is InChI=1S/C62H42F4N4/c1-39-11-21-45(22-12-39)67(49-29-33-59-53(37-49)51-7-3-5-9-57(51)69(59)61-31-19-43(63)35-55(61)65)47-25-15-41(16-26-47)42-17-27-48(28-18-42)68(46-23-13-40(2)14-24-46)50-30-34-60-54(38-50)52-8-4-6-10-58(52)70(60)62-32-20-44(64)36-56(62)66/h3-38H,1-2H3. The Hall–Kier alpha value is -8.88. The van der Waals surface area contributed by atoms with Gasteiger partial charge in [0, 0.05) is 67.8 Å². The first-order valence-electron chi connectivity index (χ1n) is 23.1. The molecule has 0 spiro atoms. The molecule has 70 heavy (non-hydrogen) atoms. The van der Waals surface area contributed by atoms with Crippen LogP contribution in [0, 0.1) is 37.1 Å². The number of aromatic nitrogens is 2. The van der Waals surface area contributed by atoms with Crippen molar-refractivity contribution in [1.82, 2.24) is 9.13 Å². The van der Waals surface area contributed by atoms with Gasteiger partial charge in [0.1, 0.15) is 23.3 Å². The smallest absolute Gasteiger partial charge is 0.150 e. The van der Waals surface area contributed by atoms with Gasteiger partial charge in [0.15, 0.2) is 0 Å². The van der Waals surface area contributed by atoms with E-state index in [1.807, 2.05) is 81.9 Å². The Bertz CT molecular complexity index is 3690. The van der Waals surface area contributed by atoms with Gasteiger partial charge in [0.05, 0.1) is 33.4 Å². The Kier molecular flexibility index (Phi) is 10.3. The van der Waals surface area contributed by atoms with Gasteiger partial charge in [-0.3, -0.25) is 0 Å². The molecule has 0 N–H and O–H groups in total. The fraction of sp³-hybridized carbons (Fsp3) is 0.0323. The van der Waals surface area contributed by atoms with Crippen LogP contribution in [0.1, 0.15) is 11.1 Å². The number of fused-ring (bicyclic) bond motifs is 6. The third-order valence-electron chi connectivity index (χ3n) is 13.3. The van der Waals surface area contributed by atoms with E-state index < -0.39 is 23.3 Å². The highest BCUT2D eigenvalue weighted by Crippen LogP contribution is 2.43. The first kappa shape index (κ1) is 42.5. The molecule has 0 atom stereocenters. The van der Waals surface area contributed by atoms with Gasteiger partial charge in [-0.1, -0.05) is 96.1 Å². The summed E-state index contributed by atoms with van der Waals surface area (Å²) >= 11 is 0. The highest BCUT2D eigenvalue weighted by molar-refractivity contribution is 6.12. The Morgan fingerprint density at radius 2 is 0.629 bits per heavy atom. The lowest BCUT2D eigenvalue weighted by Crippen LogP contribution is -2.10. The lowest BCUT2D eigenvalue weighted by atomic mass is 10.0. The highest BCUT2D eigenvalue weighted by atomic mass is 19.1. The maximum Gasteiger partial charge on any atom is 0.150 e. The molecule has 2 heterocycles. The number of nitrogens with zero attached hydrogens (tertiary/aromatic N) is 4. The van der Waals surface area contributed by atoms with Crippen LogP contribution in [0.4, 0.5) is 51.7 Å². The van der Waals surface area contributed by atoms with Crippen molar-refractivity contribution in [2.24, 2.45) is 0 Å². The molecule has 0 saturated heterocycles. The van der Waals surface area contributed by atoms with Crippen LogP contribution in [0.5, 0.6) is 0 Å². The Morgan fingerprint density at radius 3 is 1.00 bits per heavy atom. The van der Waals surface area contributed by atoms with E-state index in [1.54, 1.807) is 0 Å². The quantitative estimate of drug-likeness (QED) is 0.134. The fourth-order valence-corrected chi connectivity index (χ4v) is 9.93. The SMILES string of the molecule is Cc1ccc(N(c2ccc(-c3ccc(N(c4ccc(C)cc4)c4ccc5c(c4)c4ccccc4n5-c4ccc(F)cc4F)cc3)cc2)c2ccc3c(c2)c2ccccc2n3-c2ccc(F)cc2F)cc1. The second kappa shape index (κ2) is 17.0. The lowest BCUT2D eigenvalue weighted by molar-refractivity contribution is 0.578. The van der Waals surface area contributed by atoms with Crippen molar-refractivity contribution in [3.63, 3.8) is 0 Å². The first-order valence-corrected chi connectivity index (χ1v) is 23.1. The third kappa shape index (κ3) is 7.32. The predicted molar refractivity (Wildman–Crippen MR) is 279 cm³/mol. The molecule has 0 fully saturated rings. The highest BCUT2D eigenvalue weighted by Gasteiger charge is 2.22. The Balaban J connectivity index is 0.912. The van der Waals surface area contributed by atoms with Gasteiger partial charge in [-0.25, -0.2) is 17.6 Å². The average molecular weight is 919 g/mol. The van der Waals surface area contributed by atoms with Crippen molar-refractivity contribution in [2.45, 2.75) is 13.8 Å². The predicted octanol–water partition coefficient (Wildman–Crippen LogP) is 17.7. The topological polar surface area (TPSA) is 16.3 Å². The third-order valence-corrected chi connectivity index (χ3v) is 13.3. The Labute approximate surface area is 401 Å². The van der Waals surface area contributed by atoms with Gasteiger partial charge in [-0.05, 0) is 146 Å². The molecular weight excluding hydrogens is 877 g/mol. The molecule has 0 unspecified atom stereocenters. The molecule has 8 heteroatoms. The van der Waals surface area contributed by atoms with Gasteiger partial charge >= 0.3 is 0 Å². The van der Waals surface area contributed by atoms with Crippen molar-refractivity contribution >= 4 is 77.7 Å². The van der Waals surface area contributed by atoms with Crippen LogP contribution in [0.3, 0.4) is 0 Å². The van der Waals surface area contributed by atoms with Crippen LogP contribution in [0.15, 0.2) is 218 Å². The van der Waals surface area contributed by atoms with E-state index in [9.17, 15) is 8.78 Å². The fourth-order valence-electron chi connectivity index (χ4n) is 9.93. The molecule has 4 nitrogen and oxygen atoms in total. The molecule has 338 valence electrons. The van der Waals surface area contributed by atoms with Crippen LogP contribution >= 0.6 is 0 Å². The van der Waals surface area contributed by atoms with Crippen LogP contribution in [-0.2, 0) is 0 Å². The number of anilines is 6.